The lowest BCUT2D eigenvalue weighted by Crippen LogP contribution is -2.25. The number of nitrogens with zero attached hydrogens (tertiary/aromatic N) is 2. The van der Waals surface area contributed by atoms with Crippen molar-refractivity contribution >= 4 is 27.8 Å². The third kappa shape index (κ3) is 5.54. The van der Waals surface area contributed by atoms with Gasteiger partial charge in [-0.3, -0.25) is 4.79 Å². The Morgan fingerprint density at radius 3 is 2.39 bits per heavy atom. The Morgan fingerprint density at radius 2 is 1.76 bits per heavy atom. The van der Waals surface area contributed by atoms with Gasteiger partial charge in [0.2, 0.25) is 0 Å². The molecule has 2 aromatic carbocycles. The van der Waals surface area contributed by atoms with Gasteiger partial charge in [-0.1, -0.05) is 6.07 Å². The van der Waals surface area contributed by atoms with Crippen molar-refractivity contribution in [2.24, 2.45) is 0 Å². The number of methoxy groups -OCH3 is 2. The van der Waals surface area contributed by atoms with Crippen molar-refractivity contribution in [3.8, 4) is 17.2 Å². The van der Waals surface area contributed by atoms with Gasteiger partial charge in [0.15, 0.2) is 17.2 Å². The van der Waals surface area contributed by atoms with E-state index in [2.05, 4.69) is 26.3 Å². The van der Waals surface area contributed by atoms with E-state index in [9.17, 15) is 9.59 Å². The maximum absolute atomic E-state index is 12.5. The Balaban J connectivity index is 1.64. The average molecular weight is 516 g/mol. The smallest absolute Gasteiger partial charge is 0.360 e. The topological polar surface area (TPSA) is 91.7 Å². The SMILES string of the molecule is CCOC(=O)c1nn(-c2ccc(C(=O)NCCc3ccc(OC)c(OC)c3)cc2)c(C)c1Br. The molecule has 174 valence electrons. The highest BCUT2D eigenvalue weighted by atomic mass is 79.9. The van der Waals surface area contributed by atoms with Crippen LogP contribution in [0.2, 0.25) is 0 Å². The number of hydrogen-bond acceptors (Lipinski definition) is 6. The van der Waals surface area contributed by atoms with Crippen LogP contribution in [0.25, 0.3) is 5.69 Å². The summed E-state index contributed by atoms with van der Waals surface area (Å²) in [5, 5.41) is 7.28. The molecular weight excluding hydrogens is 490 g/mol. The fraction of sp³-hybridized carbons (Fsp3) is 0.292. The molecule has 33 heavy (non-hydrogen) atoms. The number of hydrogen-bond donors (Lipinski definition) is 1. The second-order valence-corrected chi connectivity index (χ2v) is 7.92. The summed E-state index contributed by atoms with van der Waals surface area (Å²) < 4.78 is 17.8. The lowest BCUT2D eigenvalue weighted by molar-refractivity contribution is 0.0517. The minimum Gasteiger partial charge on any atom is -0.493 e. The van der Waals surface area contributed by atoms with Gasteiger partial charge in [-0.2, -0.15) is 5.10 Å². The largest absolute Gasteiger partial charge is 0.493 e. The molecule has 0 spiro atoms. The second kappa shape index (κ2) is 11.0. The molecule has 1 N–H and O–H groups in total. The molecule has 0 aliphatic heterocycles. The lowest BCUT2D eigenvalue weighted by atomic mass is 10.1. The van der Waals surface area contributed by atoms with Crippen molar-refractivity contribution < 1.29 is 23.8 Å². The molecule has 3 rings (SSSR count). The molecule has 0 saturated carbocycles. The molecule has 3 aromatic rings. The summed E-state index contributed by atoms with van der Waals surface area (Å²) in [5.74, 6) is 0.659. The van der Waals surface area contributed by atoms with E-state index >= 15 is 0 Å². The molecule has 1 heterocycles. The van der Waals surface area contributed by atoms with Crippen LogP contribution in [-0.4, -0.2) is 49.0 Å². The molecule has 0 fully saturated rings. The van der Waals surface area contributed by atoms with Gasteiger partial charge < -0.3 is 19.5 Å². The second-order valence-electron chi connectivity index (χ2n) is 7.12. The Labute approximate surface area is 201 Å². The van der Waals surface area contributed by atoms with Crippen molar-refractivity contribution in [2.75, 3.05) is 27.4 Å². The third-order valence-electron chi connectivity index (χ3n) is 5.03. The number of carbonyl (C=O) groups is 2. The van der Waals surface area contributed by atoms with Crippen LogP contribution in [0.4, 0.5) is 0 Å². The first-order valence-corrected chi connectivity index (χ1v) is 11.2. The van der Waals surface area contributed by atoms with Gasteiger partial charge in [0.1, 0.15) is 0 Å². The van der Waals surface area contributed by atoms with Gasteiger partial charge in [-0.05, 0) is 78.2 Å². The van der Waals surface area contributed by atoms with E-state index in [0.29, 0.717) is 34.5 Å². The minimum atomic E-state index is -0.489. The van der Waals surface area contributed by atoms with Gasteiger partial charge in [-0.15, -0.1) is 0 Å². The van der Waals surface area contributed by atoms with Gasteiger partial charge in [-0.25, -0.2) is 9.48 Å². The Bertz CT molecular complexity index is 1140. The van der Waals surface area contributed by atoms with E-state index < -0.39 is 5.97 Å². The van der Waals surface area contributed by atoms with Crippen LogP contribution < -0.4 is 14.8 Å². The number of amides is 1. The number of nitrogens with one attached hydrogen (secondary N) is 1. The zero-order valence-corrected chi connectivity index (χ0v) is 20.6. The molecule has 0 atom stereocenters. The Hall–Kier alpha value is -3.33. The van der Waals surface area contributed by atoms with Crippen LogP contribution in [0, 0.1) is 6.92 Å². The molecule has 0 saturated heterocycles. The molecule has 0 bridgehead atoms. The Kier molecular flexibility index (Phi) is 8.11. The Morgan fingerprint density at radius 1 is 1.06 bits per heavy atom. The van der Waals surface area contributed by atoms with E-state index in [4.69, 9.17) is 14.2 Å². The number of aromatic nitrogens is 2. The fourth-order valence-electron chi connectivity index (χ4n) is 3.28. The summed E-state index contributed by atoms with van der Waals surface area (Å²) >= 11 is 3.41. The molecule has 0 aliphatic rings. The van der Waals surface area contributed by atoms with Crippen LogP contribution in [0.5, 0.6) is 11.5 Å². The number of esters is 1. The number of benzene rings is 2. The number of rotatable bonds is 9. The first kappa shape index (κ1) is 24.3. The normalized spacial score (nSPS) is 10.6. The van der Waals surface area contributed by atoms with Crippen LogP contribution in [-0.2, 0) is 11.2 Å². The van der Waals surface area contributed by atoms with E-state index in [1.165, 1.54) is 0 Å². The van der Waals surface area contributed by atoms with Crippen LogP contribution in [0.3, 0.4) is 0 Å². The summed E-state index contributed by atoms with van der Waals surface area (Å²) in [5.41, 5.74) is 3.25. The van der Waals surface area contributed by atoms with E-state index in [0.717, 1.165) is 16.9 Å². The minimum absolute atomic E-state index is 0.174. The van der Waals surface area contributed by atoms with Gasteiger partial charge in [0.25, 0.3) is 5.91 Å². The zero-order chi connectivity index (χ0) is 24.0. The van der Waals surface area contributed by atoms with Crippen molar-refractivity contribution in [1.82, 2.24) is 15.1 Å². The number of halogens is 1. The monoisotopic (exact) mass is 515 g/mol. The van der Waals surface area contributed by atoms with E-state index in [1.807, 2.05) is 25.1 Å². The van der Waals surface area contributed by atoms with Crippen molar-refractivity contribution in [1.29, 1.82) is 0 Å². The summed E-state index contributed by atoms with van der Waals surface area (Å²) in [4.78, 5) is 24.6. The first-order chi connectivity index (χ1) is 15.9. The quantitative estimate of drug-likeness (QED) is 0.431. The predicted octanol–water partition coefficient (Wildman–Crippen LogP) is 4.11. The molecule has 0 radical (unpaired) electrons. The molecule has 1 aromatic heterocycles. The average Bonchev–Trinajstić information content (AvgIpc) is 3.13. The van der Waals surface area contributed by atoms with Crippen molar-refractivity contribution in [2.45, 2.75) is 20.3 Å². The maximum atomic E-state index is 12.5. The zero-order valence-electron chi connectivity index (χ0n) is 19.0. The van der Waals surface area contributed by atoms with E-state index in [-0.39, 0.29) is 18.2 Å². The molecule has 0 aliphatic carbocycles. The van der Waals surface area contributed by atoms with Crippen LogP contribution in [0.15, 0.2) is 46.9 Å². The van der Waals surface area contributed by atoms with Gasteiger partial charge in [0, 0.05) is 12.1 Å². The summed E-state index contributed by atoms with van der Waals surface area (Å²) in [6.45, 7) is 4.33. The highest BCUT2D eigenvalue weighted by molar-refractivity contribution is 9.10. The third-order valence-corrected chi connectivity index (χ3v) is 5.98. The standard InChI is InChI=1S/C24H26BrN3O5/c1-5-33-24(30)22-21(25)15(2)28(27-22)18-9-7-17(8-10-18)23(29)26-13-12-16-6-11-19(31-3)20(14-16)32-4/h6-11,14H,5,12-13H2,1-4H3,(H,26,29). The van der Waals surface area contributed by atoms with Crippen LogP contribution in [0.1, 0.15) is 39.0 Å². The number of carbonyl (C=O) groups excluding carboxylic acids is 2. The molecule has 9 heteroatoms. The molecule has 1 amide bonds. The highest BCUT2D eigenvalue weighted by Gasteiger charge is 2.21. The summed E-state index contributed by atoms with van der Waals surface area (Å²) in [6, 6.07) is 12.7. The van der Waals surface area contributed by atoms with Gasteiger partial charge >= 0.3 is 5.97 Å². The lowest BCUT2D eigenvalue weighted by Gasteiger charge is -2.10. The predicted molar refractivity (Wildman–Crippen MR) is 128 cm³/mol. The summed E-state index contributed by atoms with van der Waals surface area (Å²) in [6.07, 6.45) is 0.654. The maximum Gasteiger partial charge on any atom is 0.360 e. The van der Waals surface area contributed by atoms with Crippen LogP contribution >= 0.6 is 15.9 Å². The molecule has 0 unspecified atom stereocenters. The fourth-order valence-corrected chi connectivity index (χ4v) is 3.69. The molecule has 8 nitrogen and oxygen atoms in total. The first-order valence-electron chi connectivity index (χ1n) is 10.4. The van der Waals surface area contributed by atoms with Gasteiger partial charge in [0.05, 0.1) is 36.7 Å². The molecular formula is C24H26BrN3O5. The number of ether oxygens (including phenoxy) is 3. The van der Waals surface area contributed by atoms with Crippen molar-refractivity contribution in [3.63, 3.8) is 0 Å². The summed E-state index contributed by atoms with van der Waals surface area (Å²) in [7, 11) is 3.18. The van der Waals surface area contributed by atoms with E-state index in [1.54, 1.807) is 50.1 Å². The van der Waals surface area contributed by atoms with Crippen molar-refractivity contribution in [3.05, 3.63) is 69.5 Å². The highest BCUT2D eigenvalue weighted by Crippen LogP contribution is 2.27.